The van der Waals surface area contributed by atoms with Crippen molar-refractivity contribution in [3.05, 3.63) is 53.8 Å². The Bertz CT molecular complexity index is 777. The standard InChI is InChI=1S/C19H18FNO4/c20-15-2-4-16(5-3-15)23-11-19(22)21-8-7-14(10-21)13-1-6-17-18(9-13)25-12-24-17/h1-6,9,14H,7-8,10-12H2. The van der Waals surface area contributed by atoms with Crippen molar-refractivity contribution in [2.45, 2.75) is 12.3 Å². The molecule has 1 unspecified atom stereocenters. The highest BCUT2D eigenvalue weighted by molar-refractivity contribution is 5.78. The van der Waals surface area contributed by atoms with E-state index < -0.39 is 0 Å². The van der Waals surface area contributed by atoms with E-state index in [1.165, 1.54) is 24.3 Å². The van der Waals surface area contributed by atoms with E-state index in [-0.39, 0.29) is 31.0 Å². The quantitative estimate of drug-likeness (QED) is 0.856. The van der Waals surface area contributed by atoms with Crippen LogP contribution in [0.2, 0.25) is 0 Å². The molecule has 1 amide bonds. The summed E-state index contributed by atoms with van der Waals surface area (Å²) in [4.78, 5) is 14.1. The number of benzene rings is 2. The second-order valence-electron chi connectivity index (χ2n) is 6.18. The maximum Gasteiger partial charge on any atom is 0.260 e. The normalized spacial score (nSPS) is 18.4. The first-order valence-electron chi connectivity index (χ1n) is 8.25. The van der Waals surface area contributed by atoms with Gasteiger partial charge < -0.3 is 19.1 Å². The van der Waals surface area contributed by atoms with E-state index in [9.17, 15) is 9.18 Å². The highest BCUT2D eigenvalue weighted by atomic mass is 19.1. The van der Waals surface area contributed by atoms with Crippen molar-refractivity contribution in [2.75, 3.05) is 26.5 Å². The maximum absolute atomic E-state index is 12.9. The molecule has 0 aromatic heterocycles. The monoisotopic (exact) mass is 343 g/mol. The van der Waals surface area contributed by atoms with Gasteiger partial charge in [0.25, 0.3) is 5.91 Å². The van der Waals surface area contributed by atoms with Gasteiger partial charge in [-0.15, -0.1) is 0 Å². The van der Waals surface area contributed by atoms with Crippen molar-refractivity contribution in [1.29, 1.82) is 0 Å². The zero-order valence-corrected chi connectivity index (χ0v) is 13.6. The van der Waals surface area contributed by atoms with Gasteiger partial charge in [-0.25, -0.2) is 4.39 Å². The minimum absolute atomic E-state index is 0.0422. The minimum Gasteiger partial charge on any atom is -0.484 e. The van der Waals surface area contributed by atoms with Gasteiger partial charge in [0.15, 0.2) is 18.1 Å². The second-order valence-corrected chi connectivity index (χ2v) is 6.18. The highest BCUT2D eigenvalue weighted by Crippen LogP contribution is 2.37. The summed E-state index contributed by atoms with van der Waals surface area (Å²) in [6.07, 6.45) is 0.905. The molecule has 0 aliphatic carbocycles. The Hall–Kier alpha value is -2.76. The fourth-order valence-corrected chi connectivity index (χ4v) is 3.19. The summed E-state index contributed by atoms with van der Waals surface area (Å²) in [5.41, 5.74) is 1.15. The van der Waals surface area contributed by atoms with E-state index in [0.29, 0.717) is 18.8 Å². The van der Waals surface area contributed by atoms with Crippen molar-refractivity contribution < 1.29 is 23.4 Å². The van der Waals surface area contributed by atoms with Gasteiger partial charge >= 0.3 is 0 Å². The van der Waals surface area contributed by atoms with E-state index in [0.717, 1.165) is 23.5 Å². The Kier molecular flexibility index (Phi) is 4.17. The van der Waals surface area contributed by atoms with E-state index in [1.807, 2.05) is 18.2 Å². The molecule has 0 radical (unpaired) electrons. The zero-order chi connectivity index (χ0) is 17.2. The van der Waals surface area contributed by atoms with Crippen LogP contribution in [0.25, 0.3) is 0 Å². The molecule has 2 aliphatic rings. The van der Waals surface area contributed by atoms with Gasteiger partial charge in [-0.1, -0.05) is 6.07 Å². The summed E-state index contributed by atoms with van der Waals surface area (Å²) in [6, 6.07) is 11.6. The SMILES string of the molecule is O=C(COc1ccc(F)cc1)N1CCC(c2ccc3c(c2)OCO3)C1. The average molecular weight is 343 g/mol. The van der Waals surface area contributed by atoms with Gasteiger partial charge in [-0.05, 0) is 48.4 Å². The summed E-state index contributed by atoms with van der Waals surface area (Å²) < 4.78 is 29.1. The van der Waals surface area contributed by atoms with Gasteiger partial charge in [-0.3, -0.25) is 4.79 Å². The lowest BCUT2D eigenvalue weighted by Gasteiger charge is -2.17. The Morgan fingerprint density at radius 3 is 2.80 bits per heavy atom. The number of nitrogens with zero attached hydrogens (tertiary/aromatic N) is 1. The Balaban J connectivity index is 1.34. The summed E-state index contributed by atoms with van der Waals surface area (Å²) in [5.74, 6) is 1.91. The molecule has 1 fully saturated rings. The third-order valence-electron chi connectivity index (χ3n) is 4.58. The fraction of sp³-hybridized carbons (Fsp3) is 0.316. The molecular weight excluding hydrogens is 325 g/mol. The summed E-state index contributed by atoms with van der Waals surface area (Å²) in [6.45, 7) is 1.57. The Morgan fingerprint density at radius 2 is 1.96 bits per heavy atom. The van der Waals surface area contributed by atoms with Gasteiger partial charge in [0, 0.05) is 19.0 Å². The zero-order valence-electron chi connectivity index (χ0n) is 13.6. The molecule has 2 aliphatic heterocycles. The molecule has 4 rings (SSSR count). The Morgan fingerprint density at radius 1 is 1.16 bits per heavy atom. The van der Waals surface area contributed by atoms with Crippen LogP contribution in [0.15, 0.2) is 42.5 Å². The van der Waals surface area contributed by atoms with Crippen LogP contribution < -0.4 is 14.2 Å². The van der Waals surface area contributed by atoms with Crippen LogP contribution in [-0.2, 0) is 4.79 Å². The number of amides is 1. The van der Waals surface area contributed by atoms with Crippen LogP contribution in [0.3, 0.4) is 0 Å². The largest absolute Gasteiger partial charge is 0.484 e. The number of hydrogen-bond donors (Lipinski definition) is 0. The third kappa shape index (κ3) is 3.38. The van der Waals surface area contributed by atoms with Crippen LogP contribution in [-0.4, -0.2) is 37.3 Å². The molecule has 0 spiro atoms. The average Bonchev–Trinajstić information content (AvgIpc) is 3.29. The first kappa shape index (κ1) is 15.7. The molecule has 5 nitrogen and oxygen atoms in total. The minimum atomic E-state index is -0.329. The molecule has 2 aromatic carbocycles. The van der Waals surface area contributed by atoms with Gasteiger partial charge in [0.05, 0.1) is 0 Å². The number of halogens is 1. The van der Waals surface area contributed by atoms with Crippen molar-refractivity contribution in [3.8, 4) is 17.2 Å². The van der Waals surface area contributed by atoms with Crippen LogP contribution in [0, 0.1) is 5.82 Å². The van der Waals surface area contributed by atoms with Crippen molar-refractivity contribution in [2.24, 2.45) is 0 Å². The van der Waals surface area contributed by atoms with Crippen molar-refractivity contribution >= 4 is 5.91 Å². The number of rotatable bonds is 4. The summed E-state index contributed by atoms with van der Waals surface area (Å²) in [7, 11) is 0. The van der Waals surface area contributed by atoms with E-state index in [4.69, 9.17) is 14.2 Å². The van der Waals surface area contributed by atoms with Gasteiger partial charge in [0.2, 0.25) is 6.79 Å². The fourth-order valence-electron chi connectivity index (χ4n) is 3.19. The van der Waals surface area contributed by atoms with Crippen molar-refractivity contribution in [1.82, 2.24) is 4.90 Å². The molecule has 0 saturated carbocycles. The molecule has 2 aromatic rings. The molecule has 0 N–H and O–H groups in total. The summed E-state index contributed by atoms with van der Waals surface area (Å²) >= 11 is 0. The lowest BCUT2D eigenvalue weighted by molar-refractivity contribution is -0.132. The van der Waals surface area contributed by atoms with E-state index in [1.54, 1.807) is 4.90 Å². The molecule has 1 saturated heterocycles. The highest BCUT2D eigenvalue weighted by Gasteiger charge is 2.28. The maximum atomic E-state index is 12.9. The molecule has 0 bridgehead atoms. The van der Waals surface area contributed by atoms with Gasteiger partial charge in [-0.2, -0.15) is 0 Å². The second kappa shape index (κ2) is 6.63. The topological polar surface area (TPSA) is 48.0 Å². The van der Waals surface area contributed by atoms with Crippen molar-refractivity contribution in [3.63, 3.8) is 0 Å². The number of ether oxygens (including phenoxy) is 3. The number of hydrogen-bond acceptors (Lipinski definition) is 4. The third-order valence-corrected chi connectivity index (χ3v) is 4.58. The van der Waals surface area contributed by atoms with Crippen LogP contribution in [0.5, 0.6) is 17.2 Å². The van der Waals surface area contributed by atoms with Crippen LogP contribution in [0.1, 0.15) is 17.9 Å². The predicted molar refractivity (Wildman–Crippen MR) is 88.4 cm³/mol. The van der Waals surface area contributed by atoms with Crippen LogP contribution >= 0.6 is 0 Å². The van der Waals surface area contributed by atoms with E-state index >= 15 is 0 Å². The molecule has 2 heterocycles. The number of carbonyl (C=O) groups is 1. The first-order valence-corrected chi connectivity index (χ1v) is 8.25. The lowest BCUT2D eigenvalue weighted by atomic mass is 9.98. The molecule has 6 heteroatoms. The molecule has 25 heavy (non-hydrogen) atoms. The number of fused-ring (bicyclic) bond motifs is 1. The van der Waals surface area contributed by atoms with E-state index in [2.05, 4.69) is 0 Å². The number of likely N-dealkylation sites (tertiary alicyclic amines) is 1. The van der Waals surface area contributed by atoms with Gasteiger partial charge in [0.1, 0.15) is 11.6 Å². The lowest BCUT2D eigenvalue weighted by Crippen LogP contribution is -2.32. The predicted octanol–water partition coefficient (Wildman–Crippen LogP) is 2.95. The molecule has 1 atom stereocenters. The van der Waals surface area contributed by atoms with Crippen LogP contribution in [0.4, 0.5) is 4.39 Å². The smallest absolute Gasteiger partial charge is 0.260 e. The number of carbonyl (C=O) groups excluding carboxylic acids is 1. The first-order chi connectivity index (χ1) is 12.2. The Labute approximate surface area is 144 Å². The molecular formula is C19H18FNO4. The molecule has 130 valence electrons. The summed E-state index contributed by atoms with van der Waals surface area (Å²) in [5, 5.41) is 0.